The number of amides is 2. The number of methoxy groups -OCH3 is 1. The number of ether oxygens (including phenoxy) is 3. The average molecular weight is 611 g/mol. The summed E-state index contributed by atoms with van der Waals surface area (Å²) in [6.07, 6.45) is 3.96. The maximum Gasteiger partial charge on any atom is 0.407 e. The van der Waals surface area contributed by atoms with Crippen molar-refractivity contribution in [2.75, 3.05) is 25.0 Å². The lowest BCUT2D eigenvalue weighted by Crippen LogP contribution is -2.32. The minimum atomic E-state index is -0.562. The van der Waals surface area contributed by atoms with E-state index < -0.39 is 11.7 Å². The zero-order valence-corrected chi connectivity index (χ0v) is 26.1. The minimum Gasteiger partial charge on any atom is -0.496 e. The van der Waals surface area contributed by atoms with Gasteiger partial charge in [-0.2, -0.15) is 5.10 Å². The standard InChI is InChI=1S/C30H38N6O6S/c1-7-20-8-9-23(40-11-10-31-19(2)37)26(14-20)43-35-28-27-24(39-6)12-21(13-25(27)42-34-28)17-36-18-22(16-33-36)15-32-29(38)41-30(3,4)5/h8-9,12-14,16,18H,7,10-11,15,17H2,1-6H3,(H,31,37)(H,32,38)(H,34,35). The van der Waals surface area contributed by atoms with E-state index >= 15 is 0 Å². The largest absolute Gasteiger partial charge is 0.496 e. The molecule has 0 unspecified atom stereocenters. The van der Waals surface area contributed by atoms with Gasteiger partial charge in [-0.1, -0.05) is 18.1 Å². The molecule has 0 aliphatic carbocycles. The third kappa shape index (κ3) is 9.05. The fourth-order valence-electron chi connectivity index (χ4n) is 4.13. The lowest BCUT2D eigenvalue weighted by Gasteiger charge is -2.19. The summed E-state index contributed by atoms with van der Waals surface area (Å²) in [4.78, 5) is 24.0. The van der Waals surface area contributed by atoms with Gasteiger partial charge in [-0.15, -0.1) is 0 Å². The van der Waals surface area contributed by atoms with Gasteiger partial charge in [0, 0.05) is 25.2 Å². The first-order valence-corrected chi connectivity index (χ1v) is 14.7. The van der Waals surface area contributed by atoms with Gasteiger partial charge in [0.25, 0.3) is 0 Å². The SMILES string of the molecule is CCc1ccc(OCCNC(C)=O)c(SNc2noc3cc(Cn4cc(CNC(=O)OC(C)(C)C)cn4)cc(OC)c23)c1. The van der Waals surface area contributed by atoms with Crippen LogP contribution in [0.15, 0.2) is 52.1 Å². The van der Waals surface area contributed by atoms with Crippen LogP contribution in [-0.4, -0.2) is 52.8 Å². The number of aromatic nitrogens is 3. The molecule has 2 aromatic carbocycles. The van der Waals surface area contributed by atoms with E-state index in [1.807, 2.05) is 51.2 Å². The van der Waals surface area contributed by atoms with Gasteiger partial charge in [0.1, 0.15) is 29.1 Å². The summed E-state index contributed by atoms with van der Waals surface area (Å²) in [5.74, 6) is 1.72. The normalized spacial score (nSPS) is 11.3. The fraction of sp³-hybridized carbons (Fsp3) is 0.400. The van der Waals surface area contributed by atoms with Crippen molar-refractivity contribution in [2.24, 2.45) is 0 Å². The molecule has 43 heavy (non-hydrogen) atoms. The van der Waals surface area contributed by atoms with Gasteiger partial charge in [0.15, 0.2) is 11.4 Å². The van der Waals surface area contributed by atoms with Crippen molar-refractivity contribution < 1.29 is 28.3 Å². The van der Waals surface area contributed by atoms with Gasteiger partial charge < -0.3 is 34.1 Å². The Kier molecular flexibility index (Phi) is 10.4. The van der Waals surface area contributed by atoms with Crippen molar-refractivity contribution >= 4 is 40.7 Å². The molecule has 2 heterocycles. The number of hydrogen-bond acceptors (Lipinski definition) is 10. The Labute approximate surface area is 254 Å². The molecule has 0 bridgehead atoms. The van der Waals surface area contributed by atoms with Crippen LogP contribution in [0, 0.1) is 0 Å². The molecule has 0 fully saturated rings. The third-order valence-electron chi connectivity index (χ3n) is 6.09. The number of fused-ring (bicyclic) bond motifs is 1. The number of anilines is 1. The van der Waals surface area contributed by atoms with Gasteiger partial charge in [-0.25, -0.2) is 4.79 Å². The minimum absolute atomic E-state index is 0.0989. The summed E-state index contributed by atoms with van der Waals surface area (Å²) < 4.78 is 27.7. The lowest BCUT2D eigenvalue weighted by molar-refractivity contribution is -0.119. The summed E-state index contributed by atoms with van der Waals surface area (Å²) >= 11 is 1.36. The van der Waals surface area contributed by atoms with Crippen molar-refractivity contribution in [3.63, 3.8) is 0 Å². The predicted octanol–water partition coefficient (Wildman–Crippen LogP) is 5.30. The van der Waals surface area contributed by atoms with Crippen LogP contribution in [0.1, 0.15) is 51.3 Å². The average Bonchev–Trinajstić information content (AvgIpc) is 3.58. The zero-order chi connectivity index (χ0) is 31.0. The molecule has 2 aromatic heterocycles. The molecule has 2 amide bonds. The maximum atomic E-state index is 12.0. The number of alkyl carbamates (subject to hydrolysis) is 1. The van der Waals surface area contributed by atoms with Gasteiger partial charge in [-0.05, 0) is 74.5 Å². The Morgan fingerprint density at radius 2 is 1.88 bits per heavy atom. The van der Waals surface area contributed by atoms with E-state index in [2.05, 4.69) is 38.6 Å². The maximum absolute atomic E-state index is 12.0. The van der Waals surface area contributed by atoms with Crippen LogP contribution in [0.5, 0.6) is 11.5 Å². The van der Waals surface area contributed by atoms with Gasteiger partial charge >= 0.3 is 6.09 Å². The number of carbonyl (C=O) groups excluding carboxylic acids is 2. The second-order valence-corrected chi connectivity index (χ2v) is 11.6. The number of aryl methyl sites for hydroxylation is 1. The summed E-state index contributed by atoms with van der Waals surface area (Å²) in [7, 11) is 1.60. The Hall–Kier alpha value is -4.39. The Bertz CT molecular complexity index is 1560. The first-order chi connectivity index (χ1) is 20.5. The van der Waals surface area contributed by atoms with E-state index in [-0.39, 0.29) is 5.91 Å². The molecule has 3 N–H and O–H groups in total. The molecule has 4 aromatic rings. The molecule has 0 aliphatic heterocycles. The quantitative estimate of drug-likeness (QED) is 0.135. The van der Waals surface area contributed by atoms with Crippen LogP contribution >= 0.6 is 11.9 Å². The van der Waals surface area contributed by atoms with Gasteiger partial charge in [-0.3, -0.25) is 9.48 Å². The summed E-state index contributed by atoms with van der Waals surface area (Å²) in [6.45, 7) is 10.5. The second-order valence-electron chi connectivity index (χ2n) is 10.8. The predicted molar refractivity (Wildman–Crippen MR) is 164 cm³/mol. The second kappa shape index (κ2) is 14.2. The Balaban J connectivity index is 1.44. The molecule has 13 heteroatoms. The van der Waals surface area contributed by atoms with E-state index in [4.69, 9.17) is 18.7 Å². The summed E-state index contributed by atoms with van der Waals surface area (Å²) in [5, 5.41) is 14.9. The number of hydrogen-bond donors (Lipinski definition) is 3. The van der Waals surface area contributed by atoms with E-state index in [0.717, 1.165) is 28.0 Å². The topological polar surface area (TPSA) is 142 Å². The Morgan fingerprint density at radius 1 is 1.07 bits per heavy atom. The molecule has 4 rings (SSSR count). The van der Waals surface area contributed by atoms with E-state index in [1.165, 1.54) is 18.9 Å². The molecule has 12 nitrogen and oxygen atoms in total. The lowest BCUT2D eigenvalue weighted by atomic mass is 10.1. The van der Waals surface area contributed by atoms with Crippen molar-refractivity contribution in [1.29, 1.82) is 0 Å². The number of nitrogens with one attached hydrogen (secondary N) is 3. The smallest absolute Gasteiger partial charge is 0.407 e. The van der Waals surface area contributed by atoms with Gasteiger partial charge in [0.05, 0.1) is 31.3 Å². The van der Waals surface area contributed by atoms with E-state index in [0.29, 0.717) is 54.5 Å². The van der Waals surface area contributed by atoms with Gasteiger partial charge in [0.2, 0.25) is 5.91 Å². The Morgan fingerprint density at radius 3 is 2.60 bits per heavy atom. The first kappa shape index (κ1) is 31.5. The summed E-state index contributed by atoms with van der Waals surface area (Å²) in [6, 6.07) is 9.83. The molecule has 0 spiro atoms. The zero-order valence-electron chi connectivity index (χ0n) is 25.3. The molecule has 230 valence electrons. The monoisotopic (exact) mass is 610 g/mol. The summed E-state index contributed by atoms with van der Waals surface area (Å²) in [5.41, 5.74) is 2.90. The van der Waals surface area contributed by atoms with Crippen molar-refractivity contribution in [3.05, 3.63) is 59.4 Å². The molecule has 0 radical (unpaired) electrons. The van der Waals surface area contributed by atoms with Crippen LogP contribution in [0.4, 0.5) is 10.6 Å². The van der Waals surface area contributed by atoms with E-state index in [1.54, 1.807) is 18.0 Å². The van der Waals surface area contributed by atoms with Crippen molar-refractivity contribution in [3.8, 4) is 11.5 Å². The van der Waals surface area contributed by atoms with Crippen molar-refractivity contribution in [1.82, 2.24) is 25.6 Å². The molecular formula is C30H38N6O6S. The van der Waals surface area contributed by atoms with Crippen LogP contribution in [0.2, 0.25) is 0 Å². The molecule has 0 aliphatic rings. The first-order valence-electron chi connectivity index (χ1n) is 13.9. The highest BCUT2D eigenvalue weighted by atomic mass is 32.2. The van der Waals surface area contributed by atoms with Crippen molar-refractivity contribution in [2.45, 2.75) is 64.6 Å². The van der Waals surface area contributed by atoms with E-state index in [9.17, 15) is 9.59 Å². The van der Waals surface area contributed by atoms with Crippen LogP contribution in [0.3, 0.4) is 0 Å². The molecule has 0 saturated heterocycles. The number of rotatable bonds is 13. The highest BCUT2D eigenvalue weighted by molar-refractivity contribution is 8.00. The molecule has 0 atom stereocenters. The van der Waals surface area contributed by atoms with Crippen LogP contribution < -0.4 is 24.8 Å². The number of carbonyl (C=O) groups is 2. The third-order valence-corrected chi connectivity index (χ3v) is 6.93. The fourth-order valence-corrected chi connectivity index (χ4v) is 4.92. The number of nitrogens with zero attached hydrogens (tertiary/aromatic N) is 3. The molecular weight excluding hydrogens is 572 g/mol. The van der Waals surface area contributed by atoms with Crippen LogP contribution in [-0.2, 0) is 29.0 Å². The molecule has 0 saturated carbocycles. The highest BCUT2D eigenvalue weighted by Crippen LogP contribution is 2.37. The number of benzene rings is 2. The highest BCUT2D eigenvalue weighted by Gasteiger charge is 2.18. The van der Waals surface area contributed by atoms with Crippen LogP contribution in [0.25, 0.3) is 11.0 Å².